The van der Waals surface area contributed by atoms with Gasteiger partial charge in [-0.15, -0.1) is 35.3 Å². The lowest BCUT2D eigenvalue weighted by Gasteiger charge is -2.12. The number of halogens is 1. The Labute approximate surface area is 192 Å². The predicted molar refractivity (Wildman–Crippen MR) is 130 cm³/mol. The molecule has 3 aromatic rings. The van der Waals surface area contributed by atoms with Crippen molar-refractivity contribution in [3.05, 3.63) is 86.2 Å². The summed E-state index contributed by atoms with van der Waals surface area (Å²) in [6, 6.07) is 13.4. The van der Waals surface area contributed by atoms with Crippen molar-refractivity contribution >= 4 is 41.3 Å². The maximum absolute atomic E-state index is 11.8. The van der Waals surface area contributed by atoms with E-state index in [-0.39, 0.29) is 29.5 Å². The van der Waals surface area contributed by atoms with E-state index in [1.807, 2.05) is 13.0 Å². The second-order valence-electron chi connectivity index (χ2n) is 6.44. The molecule has 0 spiro atoms. The normalized spacial score (nSPS) is 11.0. The highest BCUT2D eigenvalue weighted by Gasteiger charge is 2.02. The maximum atomic E-state index is 11.8. The van der Waals surface area contributed by atoms with Crippen molar-refractivity contribution in [1.29, 1.82) is 0 Å². The van der Waals surface area contributed by atoms with E-state index in [9.17, 15) is 4.79 Å². The third-order valence-electron chi connectivity index (χ3n) is 4.30. The number of benzene rings is 1. The Bertz CT molecular complexity index is 981. The molecule has 0 unspecified atom stereocenters. The van der Waals surface area contributed by atoms with Crippen LogP contribution in [0, 0.1) is 6.92 Å². The van der Waals surface area contributed by atoms with Gasteiger partial charge in [-0.05, 0) is 24.1 Å². The molecule has 0 bridgehead atoms. The molecule has 8 heteroatoms. The van der Waals surface area contributed by atoms with Crippen LogP contribution < -0.4 is 16.2 Å². The molecule has 6 nitrogen and oxygen atoms in total. The van der Waals surface area contributed by atoms with Gasteiger partial charge in [-0.25, -0.2) is 4.98 Å². The van der Waals surface area contributed by atoms with E-state index in [4.69, 9.17) is 0 Å². The fraction of sp³-hybridized carbons (Fsp3) is 0.286. The summed E-state index contributed by atoms with van der Waals surface area (Å²) in [5, 5.41) is 9.83. The van der Waals surface area contributed by atoms with Gasteiger partial charge in [0.15, 0.2) is 5.96 Å². The molecule has 0 amide bonds. The Hall–Kier alpha value is -2.20. The van der Waals surface area contributed by atoms with Gasteiger partial charge in [0.1, 0.15) is 0 Å². The standard InChI is InChI=1S/C21H25N5OS.HI/c1-16-25-19(15-28-16)10-11-23-21(22-2)24-13-17-6-8-18(9-7-17)14-26-12-4-3-5-20(26)27;/h3-9,12,15H,10-11,13-14H2,1-2H3,(H2,22,23,24);1H. The number of hydrogen-bond acceptors (Lipinski definition) is 4. The molecular weight excluding hydrogens is 497 g/mol. The number of nitrogens with zero attached hydrogens (tertiary/aromatic N) is 3. The number of aliphatic imine (C=N–C) groups is 1. The molecule has 2 N–H and O–H groups in total. The van der Waals surface area contributed by atoms with Gasteiger partial charge < -0.3 is 15.2 Å². The van der Waals surface area contributed by atoms with Gasteiger partial charge in [0.25, 0.3) is 5.56 Å². The molecule has 0 saturated carbocycles. The molecular formula is C21H26IN5OS. The zero-order valence-corrected chi connectivity index (χ0v) is 19.7. The van der Waals surface area contributed by atoms with Crippen molar-refractivity contribution in [2.45, 2.75) is 26.4 Å². The van der Waals surface area contributed by atoms with Crippen LogP contribution >= 0.6 is 35.3 Å². The Morgan fingerprint density at radius 2 is 1.90 bits per heavy atom. The van der Waals surface area contributed by atoms with E-state index in [1.54, 1.807) is 41.3 Å². The summed E-state index contributed by atoms with van der Waals surface area (Å²) in [5.41, 5.74) is 3.37. The summed E-state index contributed by atoms with van der Waals surface area (Å²) < 4.78 is 1.70. The van der Waals surface area contributed by atoms with E-state index in [0.717, 1.165) is 40.8 Å². The number of pyridine rings is 1. The van der Waals surface area contributed by atoms with Crippen LogP contribution in [0.1, 0.15) is 21.8 Å². The van der Waals surface area contributed by atoms with Gasteiger partial charge in [0, 0.05) is 44.2 Å². The zero-order chi connectivity index (χ0) is 19.8. The summed E-state index contributed by atoms with van der Waals surface area (Å²) in [6.07, 6.45) is 2.68. The first-order chi connectivity index (χ1) is 13.6. The van der Waals surface area contributed by atoms with Gasteiger partial charge in [0.05, 0.1) is 17.2 Å². The molecule has 154 valence electrons. The lowest BCUT2D eigenvalue weighted by atomic mass is 10.1. The minimum Gasteiger partial charge on any atom is -0.356 e. The molecule has 0 aliphatic heterocycles. The molecule has 0 radical (unpaired) electrons. The van der Waals surface area contributed by atoms with Crippen molar-refractivity contribution in [2.75, 3.05) is 13.6 Å². The first kappa shape index (κ1) is 23.1. The smallest absolute Gasteiger partial charge is 0.250 e. The van der Waals surface area contributed by atoms with E-state index in [2.05, 4.69) is 50.3 Å². The number of aryl methyl sites for hydroxylation is 1. The second kappa shape index (κ2) is 11.7. The SMILES string of the molecule is CN=C(NCCc1csc(C)n1)NCc1ccc(Cn2ccccc2=O)cc1.I. The molecule has 3 rings (SSSR count). The number of aromatic nitrogens is 2. The molecule has 2 aromatic heterocycles. The van der Waals surface area contributed by atoms with E-state index >= 15 is 0 Å². The van der Waals surface area contributed by atoms with Crippen molar-refractivity contribution in [2.24, 2.45) is 4.99 Å². The Morgan fingerprint density at radius 3 is 2.55 bits per heavy atom. The summed E-state index contributed by atoms with van der Waals surface area (Å²) >= 11 is 1.68. The third kappa shape index (κ3) is 7.28. The van der Waals surface area contributed by atoms with Gasteiger partial charge in [-0.1, -0.05) is 30.3 Å². The molecule has 0 aliphatic rings. The largest absolute Gasteiger partial charge is 0.356 e. The van der Waals surface area contributed by atoms with Crippen LogP contribution in [0.25, 0.3) is 0 Å². The van der Waals surface area contributed by atoms with Crippen molar-refractivity contribution in [1.82, 2.24) is 20.2 Å². The average molecular weight is 523 g/mol. The molecule has 1 aromatic carbocycles. The summed E-state index contributed by atoms with van der Waals surface area (Å²) in [5.74, 6) is 0.770. The van der Waals surface area contributed by atoms with Crippen molar-refractivity contribution < 1.29 is 0 Å². The average Bonchev–Trinajstić information content (AvgIpc) is 3.12. The van der Waals surface area contributed by atoms with E-state index in [1.165, 1.54) is 0 Å². The van der Waals surface area contributed by atoms with Crippen LogP contribution in [0.3, 0.4) is 0 Å². The molecule has 0 saturated heterocycles. The highest BCUT2D eigenvalue weighted by Crippen LogP contribution is 2.08. The number of hydrogen-bond donors (Lipinski definition) is 2. The quantitative estimate of drug-likeness (QED) is 0.284. The van der Waals surface area contributed by atoms with Crippen LogP contribution in [-0.4, -0.2) is 29.1 Å². The summed E-state index contributed by atoms with van der Waals surface area (Å²) in [7, 11) is 1.77. The lowest BCUT2D eigenvalue weighted by Crippen LogP contribution is -2.37. The second-order valence-corrected chi connectivity index (χ2v) is 7.51. The molecule has 0 aliphatic carbocycles. The first-order valence-corrected chi connectivity index (χ1v) is 10.1. The Balaban J connectivity index is 0.00000300. The fourth-order valence-electron chi connectivity index (χ4n) is 2.79. The number of nitrogens with one attached hydrogen (secondary N) is 2. The van der Waals surface area contributed by atoms with E-state index < -0.39 is 0 Å². The molecule has 2 heterocycles. The fourth-order valence-corrected chi connectivity index (χ4v) is 3.44. The van der Waals surface area contributed by atoms with E-state index in [0.29, 0.717) is 13.1 Å². The maximum Gasteiger partial charge on any atom is 0.250 e. The first-order valence-electron chi connectivity index (χ1n) is 9.23. The van der Waals surface area contributed by atoms with Crippen LogP contribution in [-0.2, 0) is 19.5 Å². The van der Waals surface area contributed by atoms with Gasteiger partial charge >= 0.3 is 0 Å². The molecule has 0 fully saturated rings. The highest BCUT2D eigenvalue weighted by molar-refractivity contribution is 14.0. The number of thiazole rings is 1. The van der Waals surface area contributed by atoms with Crippen LogP contribution in [0.2, 0.25) is 0 Å². The molecule has 29 heavy (non-hydrogen) atoms. The summed E-state index contributed by atoms with van der Waals surface area (Å²) in [6.45, 7) is 4.06. The van der Waals surface area contributed by atoms with Crippen LogP contribution in [0.5, 0.6) is 0 Å². The highest BCUT2D eigenvalue weighted by atomic mass is 127. The zero-order valence-electron chi connectivity index (χ0n) is 16.6. The van der Waals surface area contributed by atoms with Crippen molar-refractivity contribution in [3.8, 4) is 0 Å². The minimum atomic E-state index is 0. The van der Waals surface area contributed by atoms with Crippen LogP contribution in [0.4, 0.5) is 0 Å². The minimum absolute atomic E-state index is 0. The number of rotatable bonds is 7. The summed E-state index contributed by atoms with van der Waals surface area (Å²) in [4.78, 5) is 20.5. The topological polar surface area (TPSA) is 71.3 Å². The van der Waals surface area contributed by atoms with Crippen LogP contribution in [0.15, 0.2) is 63.8 Å². The number of guanidine groups is 1. The van der Waals surface area contributed by atoms with Gasteiger partial charge in [-0.3, -0.25) is 9.79 Å². The Kier molecular flexibility index (Phi) is 9.33. The lowest BCUT2D eigenvalue weighted by molar-refractivity contribution is 0.757. The molecule has 0 atom stereocenters. The Morgan fingerprint density at radius 1 is 1.14 bits per heavy atom. The predicted octanol–water partition coefficient (Wildman–Crippen LogP) is 3.19. The van der Waals surface area contributed by atoms with Crippen molar-refractivity contribution in [3.63, 3.8) is 0 Å². The van der Waals surface area contributed by atoms with Gasteiger partial charge in [-0.2, -0.15) is 0 Å². The van der Waals surface area contributed by atoms with Gasteiger partial charge in [0.2, 0.25) is 0 Å². The monoisotopic (exact) mass is 523 g/mol. The third-order valence-corrected chi connectivity index (χ3v) is 5.12.